The Bertz CT molecular complexity index is 746. The highest BCUT2D eigenvalue weighted by atomic mass is 16.2. The van der Waals surface area contributed by atoms with Gasteiger partial charge in [0.05, 0.1) is 11.1 Å². The molecule has 0 spiro atoms. The normalized spacial score (nSPS) is 14.2. The van der Waals surface area contributed by atoms with Gasteiger partial charge in [-0.25, -0.2) is 0 Å². The minimum absolute atomic E-state index is 0.216. The summed E-state index contributed by atoms with van der Waals surface area (Å²) in [7, 11) is 0. The van der Waals surface area contributed by atoms with Crippen molar-refractivity contribution in [2.45, 2.75) is 26.3 Å². The first-order valence-electron chi connectivity index (χ1n) is 8.03. The number of nitrogens with zero attached hydrogens (tertiary/aromatic N) is 2. The molecule has 2 heterocycles. The maximum absolute atomic E-state index is 12.3. The molecule has 5 nitrogen and oxygen atoms in total. The zero-order chi connectivity index (χ0) is 17.3. The van der Waals surface area contributed by atoms with E-state index in [4.69, 9.17) is 0 Å². The largest absolute Gasteiger partial charge is 0.306 e. The summed E-state index contributed by atoms with van der Waals surface area (Å²) in [6.45, 7) is 6.93. The van der Waals surface area contributed by atoms with Gasteiger partial charge >= 0.3 is 0 Å². The molecule has 0 saturated heterocycles. The summed E-state index contributed by atoms with van der Waals surface area (Å²) in [4.78, 5) is 30.3. The second-order valence-electron chi connectivity index (χ2n) is 6.55. The van der Waals surface area contributed by atoms with E-state index < -0.39 is 0 Å². The van der Waals surface area contributed by atoms with Gasteiger partial charge in [-0.15, -0.1) is 0 Å². The lowest BCUT2D eigenvalue weighted by Gasteiger charge is -2.28. The van der Waals surface area contributed by atoms with Gasteiger partial charge in [0.15, 0.2) is 0 Å². The van der Waals surface area contributed by atoms with Gasteiger partial charge in [-0.3, -0.25) is 19.5 Å². The lowest BCUT2D eigenvalue weighted by atomic mass is 9.96. The first-order chi connectivity index (χ1) is 11.4. The number of imide groups is 1. The number of aryl methyl sites for hydroxylation is 1. The molecular formula is C19H21N3O2. The molecule has 0 atom stereocenters. The third-order valence-electron chi connectivity index (χ3n) is 4.41. The summed E-state index contributed by atoms with van der Waals surface area (Å²) in [5, 5.41) is 3.40. The molecule has 124 valence electrons. The summed E-state index contributed by atoms with van der Waals surface area (Å²) in [6.07, 6.45) is 1.85. The maximum Gasteiger partial charge on any atom is 0.261 e. The molecule has 0 fully saturated rings. The second kappa shape index (κ2) is 6.17. The lowest BCUT2D eigenvalue weighted by Crippen LogP contribution is -2.43. The van der Waals surface area contributed by atoms with Crippen LogP contribution in [0.5, 0.6) is 0 Å². The fraction of sp³-hybridized carbons (Fsp3) is 0.316. The highest BCUT2D eigenvalue weighted by Gasteiger charge is 2.34. The summed E-state index contributed by atoms with van der Waals surface area (Å²) in [6, 6.07) is 11.0. The summed E-state index contributed by atoms with van der Waals surface area (Å²) in [5.41, 5.74) is 2.73. The van der Waals surface area contributed by atoms with Crippen molar-refractivity contribution < 1.29 is 9.59 Å². The van der Waals surface area contributed by atoms with E-state index in [0.717, 1.165) is 11.3 Å². The second-order valence-corrected chi connectivity index (χ2v) is 6.55. The van der Waals surface area contributed by atoms with Crippen LogP contribution in [-0.2, 0) is 5.54 Å². The van der Waals surface area contributed by atoms with Gasteiger partial charge in [-0.2, -0.15) is 0 Å². The molecule has 0 unspecified atom stereocenters. The summed E-state index contributed by atoms with van der Waals surface area (Å²) in [5.74, 6) is -0.431. The van der Waals surface area contributed by atoms with Crippen LogP contribution in [0.2, 0.25) is 0 Å². The van der Waals surface area contributed by atoms with E-state index in [9.17, 15) is 9.59 Å². The predicted octanol–water partition coefficient (Wildman–Crippen LogP) is 2.51. The van der Waals surface area contributed by atoms with Crippen molar-refractivity contribution in [1.29, 1.82) is 0 Å². The average molecular weight is 323 g/mol. The molecule has 0 bridgehead atoms. The molecule has 0 saturated carbocycles. The number of hydrogen-bond donors (Lipinski definition) is 1. The summed E-state index contributed by atoms with van der Waals surface area (Å²) >= 11 is 0. The minimum Gasteiger partial charge on any atom is -0.306 e. The maximum atomic E-state index is 12.3. The van der Waals surface area contributed by atoms with Gasteiger partial charge in [-0.1, -0.05) is 18.2 Å². The van der Waals surface area contributed by atoms with Gasteiger partial charge in [0.1, 0.15) is 0 Å². The molecular weight excluding hydrogens is 302 g/mol. The molecule has 2 aromatic rings. The molecule has 24 heavy (non-hydrogen) atoms. The van der Waals surface area contributed by atoms with Gasteiger partial charge in [0, 0.05) is 30.5 Å². The van der Waals surface area contributed by atoms with Crippen LogP contribution in [0.4, 0.5) is 0 Å². The predicted molar refractivity (Wildman–Crippen MR) is 91.8 cm³/mol. The van der Waals surface area contributed by atoms with Crippen LogP contribution in [-0.4, -0.2) is 34.8 Å². The van der Waals surface area contributed by atoms with E-state index in [0.29, 0.717) is 24.2 Å². The van der Waals surface area contributed by atoms with Crippen LogP contribution >= 0.6 is 0 Å². The monoisotopic (exact) mass is 323 g/mol. The highest BCUT2D eigenvalue weighted by molar-refractivity contribution is 6.21. The van der Waals surface area contributed by atoms with Crippen molar-refractivity contribution in [2.75, 3.05) is 13.1 Å². The number of nitrogens with one attached hydrogen (secondary N) is 1. The molecule has 2 amide bonds. The number of fused-ring (bicyclic) bond motifs is 1. The Hall–Kier alpha value is -2.53. The third kappa shape index (κ3) is 2.95. The summed E-state index contributed by atoms with van der Waals surface area (Å²) < 4.78 is 0. The zero-order valence-electron chi connectivity index (χ0n) is 14.2. The Balaban J connectivity index is 1.64. The molecule has 1 aromatic heterocycles. The van der Waals surface area contributed by atoms with E-state index in [1.54, 1.807) is 24.3 Å². The van der Waals surface area contributed by atoms with E-state index in [2.05, 4.69) is 24.1 Å². The van der Waals surface area contributed by atoms with E-state index >= 15 is 0 Å². The van der Waals surface area contributed by atoms with Crippen molar-refractivity contribution in [3.05, 3.63) is 65.0 Å². The van der Waals surface area contributed by atoms with E-state index in [1.807, 2.05) is 25.3 Å². The molecule has 1 aliphatic rings. The quantitative estimate of drug-likeness (QED) is 0.859. The number of rotatable bonds is 5. The zero-order valence-corrected chi connectivity index (χ0v) is 14.2. The topological polar surface area (TPSA) is 62.3 Å². The number of carbonyl (C=O) groups excluding carboxylic acids is 2. The van der Waals surface area contributed by atoms with Crippen molar-refractivity contribution >= 4 is 11.8 Å². The van der Waals surface area contributed by atoms with Gasteiger partial charge < -0.3 is 5.32 Å². The van der Waals surface area contributed by atoms with Gasteiger partial charge in [0.25, 0.3) is 11.8 Å². The van der Waals surface area contributed by atoms with Crippen molar-refractivity contribution in [3.63, 3.8) is 0 Å². The molecule has 1 N–H and O–H groups in total. The highest BCUT2D eigenvalue weighted by Crippen LogP contribution is 2.23. The molecule has 1 aliphatic heterocycles. The van der Waals surface area contributed by atoms with E-state index in [-0.39, 0.29) is 17.4 Å². The SMILES string of the molecule is Cc1ccc(C(C)(C)NCCN2C(=O)c3ccccc3C2=O)cn1. The Kier molecular flexibility index (Phi) is 4.20. The Morgan fingerprint density at radius 1 is 1.04 bits per heavy atom. The van der Waals surface area contributed by atoms with Crippen LogP contribution in [0.1, 0.15) is 45.8 Å². The average Bonchev–Trinajstić information content (AvgIpc) is 2.80. The Labute approximate surface area is 141 Å². The number of hydrogen-bond acceptors (Lipinski definition) is 4. The van der Waals surface area contributed by atoms with Crippen molar-refractivity contribution in [2.24, 2.45) is 0 Å². The Morgan fingerprint density at radius 3 is 2.21 bits per heavy atom. The fourth-order valence-corrected chi connectivity index (χ4v) is 2.86. The minimum atomic E-state index is -0.292. The van der Waals surface area contributed by atoms with Gasteiger partial charge in [0.2, 0.25) is 0 Å². The smallest absolute Gasteiger partial charge is 0.261 e. The van der Waals surface area contributed by atoms with Crippen LogP contribution in [0.15, 0.2) is 42.6 Å². The lowest BCUT2D eigenvalue weighted by molar-refractivity contribution is 0.0652. The van der Waals surface area contributed by atoms with Crippen LogP contribution in [0, 0.1) is 6.92 Å². The molecule has 0 radical (unpaired) electrons. The first kappa shape index (κ1) is 16.3. The van der Waals surface area contributed by atoms with E-state index in [1.165, 1.54) is 4.90 Å². The number of amides is 2. The number of benzene rings is 1. The van der Waals surface area contributed by atoms with Crippen molar-refractivity contribution in [3.8, 4) is 0 Å². The molecule has 3 rings (SSSR count). The Morgan fingerprint density at radius 2 is 1.67 bits per heavy atom. The molecule has 0 aliphatic carbocycles. The standard InChI is InChI=1S/C19H21N3O2/c1-13-8-9-14(12-20-13)19(2,3)21-10-11-22-17(23)15-6-4-5-7-16(15)18(22)24/h4-9,12,21H,10-11H2,1-3H3. The molecule has 5 heteroatoms. The van der Waals surface area contributed by atoms with Crippen LogP contribution in [0.3, 0.4) is 0 Å². The fourth-order valence-electron chi connectivity index (χ4n) is 2.86. The molecule has 1 aromatic carbocycles. The first-order valence-corrected chi connectivity index (χ1v) is 8.03. The van der Waals surface area contributed by atoms with Crippen LogP contribution < -0.4 is 5.32 Å². The number of pyridine rings is 1. The van der Waals surface area contributed by atoms with Crippen molar-refractivity contribution in [1.82, 2.24) is 15.2 Å². The number of carbonyl (C=O) groups is 2. The number of aromatic nitrogens is 1. The third-order valence-corrected chi connectivity index (χ3v) is 4.41. The van der Waals surface area contributed by atoms with Gasteiger partial charge in [-0.05, 0) is 44.5 Å². The van der Waals surface area contributed by atoms with Crippen LogP contribution in [0.25, 0.3) is 0 Å².